The highest BCUT2D eigenvalue weighted by molar-refractivity contribution is 4.79. The Morgan fingerprint density at radius 1 is 1.19 bits per heavy atom. The molecule has 1 aliphatic carbocycles. The van der Waals surface area contributed by atoms with Crippen LogP contribution in [-0.2, 0) is 4.74 Å². The number of aliphatic hydroxyl groups is 1. The fourth-order valence-corrected chi connectivity index (χ4v) is 2.61. The maximum Gasteiger partial charge on any atom is 0.0569 e. The summed E-state index contributed by atoms with van der Waals surface area (Å²) in [5.41, 5.74) is 0. The molecule has 0 radical (unpaired) electrons. The predicted molar refractivity (Wildman–Crippen MR) is 67.5 cm³/mol. The van der Waals surface area contributed by atoms with Crippen LogP contribution in [0, 0.1) is 11.8 Å². The Hall–Kier alpha value is -0.0800. The van der Waals surface area contributed by atoms with Gasteiger partial charge in [-0.05, 0) is 43.9 Å². The number of rotatable bonds is 7. The first-order valence-electron chi connectivity index (χ1n) is 7.03. The molecule has 0 aliphatic heterocycles. The van der Waals surface area contributed by atoms with Gasteiger partial charge in [0.2, 0.25) is 0 Å². The van der Waals surface area contributed by atoms with Gasteiger partial charge in [0.25, 0.3) is 0 Å². The molecule has 0 spiro atoms. The third kappa shape index (κ3) is 4.84. The fraction of sp³-hybridized carbons (Fsp3) is 1.00. The lowest BCUT2D eigenvalue weighted by atomic mass is 9.77. The highest BCUT2D eigenvalue weighted by Crippen LogP contribution is 2.33. The van der Waals surface area contributed by atoms with Gasteiger partial charge in [-0.1, -0.05) is 26.7 Å². The minimum atomic E-state index is -0.0717. The van der Waals surface area contributed by atoms with E-state index in [9.17, 15) is 5.11 Å². The van der Waals surface area contributed by atoms with E-state index in [0.717, 1.165) is 38.4 Å². The SMILES string of the molecule is CCCCOCCC1CC(CC)CCC1O. The Balaban J connectivity index is 2.13. The largest absolute Gasteiger partial charge is 0.393 e. The second kappa shape index (κ2) is 8.08. The van der Waals surface area contributed by atoms with Crippen molar-refractivity contribution in [1.82, 2.24) is 0 Å². The molecule has 0 aromatic carbocycles. The lowest BCUT2D eigenvalue weighted by Crippen LogP contribution is -2.29. The topological polar surface area (TPSA) is 29.5 Å². The van der Waals surface area contributed by atoms with Crippen LogP contribution in [0.3, 0.4) is 0 Å². The monoisotopic (exact) mass is 228 g/mol. The van der Waals surface area contributed by atoms with Crippen LogP contribution in [0.15, 0.2) is 0 Å². The van der Waals surface area contributed by atoms with Gasteiger partial charge in [0.15, 0.2) is 0 Å². The van der Waals surface area contributed by atoms with E-state index in [-0.39, 0.29) is 6.10 Å². The van der Waals surface area contributed by atoms with Gasteiger partial charge in [-0.2, -0.15) is 0 Å². The predicted octanol–water partition coefficient (Wildman–Crippen LogP) is 3.38. The van der Waals surface area contributed by atoms with Crippen LogP contribution in [0.1, 0.15) is 58.8 Å². The van der Waals surface area contributed by atoms with Gasteiger partial charge in [0, 0.05) is 13.2 Å². The molecule has 2 nitrogen and oxygen atoms in total. The maximum absolute atomic E-state index is 9.93. The van der Waals surface area contributed by atoms with E-state index in [1.54, 1.807) is 0 Å². The number of unbranched alkanes of at least 4 members (excludes halogenated alkanes) is 1. The summed E-state index contributed by atoms with van der Waals surface area (Å²) in [6.45, 7) is 6.16. The van der Waals surface area contributed by atoms with E-state index in [1.165, 1.54) is 25.7 Å². The van der Waals surface area contributed by atoms with Crippen LogP contribution in [0.5, 0.6) is 0 Å². The lowest BCUT2D eigenvalue weighted by molar-refractivity contribution is 0.0223. The van der Waals surface area contributed by atoms with Crippen molar-refractivity contribution >= 4 is 0 Å². The first kappa shape index (κ1) is 14.0. The molecular formula is C14H28O2. The minimum absolute atomic E-state index is 0.0717. The summed E-state index contributed by atoms with van der Waals surface area (Å²) in [6.07, 6.45) is 8.01. The normalized spacial score (nSPS) is 30.6. The van der Waals surface area contributed by atoms with Gasteiger partial charge in [-0.25, -0.2) is 0 Å². The molecule has 16 heavy (non-hydrogen) atoms. The van der Waals surface area contributed by atoms with Crippen LogP contribution in [-0.4, -0.2) is 24.4 Å². The Bertz CT molecular complexity index is 170. The lowest BCUT2D eigenvalue weighted by Gasteiger charge is -2.32. The summed E-state index contributed by atoms with van der Waals surface area (Å²) in [5, 5.41) is 9.93. The molecule has 1 fully saturated rings. The number of ether oxygens (including phenoxy) is 1. The molecule has 2 heteroatoms. The summed E-state index contributed by atoms with van der Waals surface area (Å²) < 4.78 is 5.58. The van der Waals surface area contributed by atoms with Gasteiger partial charge in [-0.15, -0.1) is 0 Å². The van der Waals surface area contributed by atoms with Gasteiger partial charge < -0.3 is 9.84 Å². The maximum atomic E-state index is 9.93. The van der Waals surface area contributed by atoms with Crippen molar-refractivity contribution in [2.75, 3.05) is 13.2 Å². The van der Waals surface area contributed by atoms with Crippen LogP contribution in [0.4, 0.5) is 0 Å². The van der Waals surface area contributed by atoms with Crippen molar-refractivity contribution in [2.24, 2.45) is 11.8 Å². The zero-order chi connectivity index (χ0) is 11.8. The molecule has 1 rings (SSSR count). The Kier molecular flexibility index (Phi) is 7.06. The third-order valence-corrected chi connectivity index (χ3v) is 3.90. The Morgan fingerprint density at radius 2 is 2.00 bits per heavy atom. The third-order valence-electron chi connectivity index (χ3n) is 3.90. The van der Waals surface area contributed by atoms with Crippen molar-refractivity contribution < 1.29 is 9.84 Å². The zero-order valence-corrected chi connectivity index (χ0v) is 11.0. The van der Waals surface area contributed by atoms with Crippen molar-refractivity contribution in [3.05, 3.63) is 0 Å². The Morgan fingerprint density at radius 3 is 2.69 bits per heavy atom. The standard InChI is InChI=1S/C14H28O2/c1-3-5-9-16-10-8-13-11-12(4-2)6-7-14(13)15/h12-15H,3-11H2,1-2H3. The average Bonchev–Trinajstić information content (AvgIpc) is 2.31. The second-order valence-electron chi connectivity index (χ2n) is 5.17. The molecule has 0 aromatic rings. The van der Waals surface area contributed by atoms with Gasteiger partial charge >= 0.3 is 0 Å². The highest BCUT2D eigenvalue weighted by atomic mass is 16.5. The van der Waals surface area contributed by atoms with E-state index in [0.29, 0.717) is 5.92 Å². The van der Waals surface area contributed by atoms with Crippen molar-refractivity contribution in [2.45, 2.75) is 64.9 Å². The molecule has 3 unspecified atom stereocenters. The molecule has 0 amide bonds. The van der Waals surface area contributed by atoms with Crippen LogP contribution < -0.4 is 0 Å². The molecule has 1 N–H and O–H groups in total. The summed E-state index contributed by atoms with van der Waals surface area (Å²) in [6, 6.07) is 0. The Labute approximate surface area is 100 Å². The van der Waals surface area contributed by atoms with Crippen molar-refractivity contribution in [3.8, 4) is 0 Å². The fourth-order valence-electron chi connectivity index (χ4n) is 2.61. The van der Waals surface area contributed by atoms with Crippen LogP contribution in [0.25, 0.3) is 0 Å². The molecule has 96 valence electrons. The van der Waals surface area contributed by atoms with Crippen LogP contribution >= 0.6 is 0 Å². The van der Waals surface area contributed by atoms with E-state index in [4.69, 9.17) is 4.74 Å². The minimum Gasteiger partial charge on any atom is -0.393 e. The first-order chi connectivity index (χ1) is 7.77. The summed E-state index contributed by atoms with van der Waals surface area (Å²) in [7, 11) is 0. The van der Waals surface area contributed by atoms with Crippen LogP contribution in [0.2, 0.25) is 0 Å². The quantitative estimate of drug-likeness (QED) is 0.677. The summed E-state index contributed by atoms with van der Waals surface area (Å²) in [5.74, 6) is 1.32. The number of aliphatic hydroxyl groups excluding tert-OH is 1. The molecule has 3 atom stereocenters. The first-order valence-corrected chi connectivity index (χ1v) is 7.03. The van der Waals surface area contributed by atoms with Gasteiger partial charge in [-0.3, -0.25) is 0 Å². The molecule has 0 aromatic heterocycles. The molecule has 1 aliphatic rings. The molecule has 0 heterocycles. The smallest absolute Gasteiger partial charge is 0.0569 e. The molecule has 0 saturated heterocycles. The van der Waals surface area contributed by atoms with E-state index in [2.05, 4.69) is 13.8 Å². The van der Waals surface area contributed by atoms with Gasteiger partial charge in [0.1, 0.15) is 0 Å². The highest BCUT2D eigenvalue weighted by Gasteiger charge is 2.27. The van der Waals surface area contributed by atoms with E-state index < -0.39 is 0 Å². The summed E-state index contributed by atoms with van der Waals surface area (Å²) in [4.78, 5) is 0. The average molecular weight is 228 g/mol. The number of hydrogen-bond acceptors (Lipinski definition) is 2. The van der Waals surface area contributed by atoms with Crippen molar-refractivity contribution in [3.63, 3.8) is 0 Å². The number of hydrogen-bond donors (Lipinski definition) is 1. The second-order valence-corrected chi connectivity index (χ2v) is 5.17. The molecule has 0 bridgehead atoms. The molecular weight excluding hydrogens is 200 g/mol. The van der Waals surface area contributed by atoms with E-state index >= 15 is 0 Å². The zero-order valence-electron chi connectivity index (χ0n) is 11.0. The molecule has 1 saturated carbocycles. The van der Waals surface area contributed by atoms with Gasteiger partial charge in [0.05, 0.1) is 6.10 Å². The van der Waals surface area contributed by atoms with E-state index in [1.807, 2.05) is 0 Å². The summed E-state index contributed by atoms with van der Waals surface area (Å²) >= 11 is 0. The van der Waals surface area contributed by atoms with Crippen molar-refractivity contribution in [1.29, 1.82) is 0 Å².